The van der Waals surface area contributed by atoms with E-state index in [1.54, 1.807) is 12.2 Å². The zero-order valence-corrected chi connectivity index (χ0v) is 13.1. The fourth-order valence-corrected chi connectivity index (χ4v) is 3.75. The maximum atomic E-state index is 12.8. The Hall–Kier alpha value is -2.94. The molecule has 1 unspecified atom stereocenters. The van der Waals surface area contributed by atoms with Gasteiger partial charge in [0.25, 0.3) is 0 Å². The lowest BCUT2D eigenvalue weighted by Crippen LogP contribution is -2.30. The Morgan fingerprint density at radius 1 is 1.08 bits per heavy atom. The monoisotopic (exact) mass is 314 g/mol. The maximum Gasteiger partial charge on any atom is 0.197 e. The van der Waals surface area contributed by atoms with Crippen molar-refractivity contribution in [2.45, 2.75) is 19.4 Å². The normalized spacial score (nSPS) is 22.6. The highest BCUT2D eigenvalue weighted by molar-refractivity contribution is 6.17. The minimum atomic E-state index is -0.0261. The first-order valence-corrected chi connectivity index (χ1v) is 8.14. The number of carbonyl (C=O) groups is 2. The van der Waals surface area contributed by atoms with Crippen molar-refractivity contribution in [1.82, 2.24) is 0 Å². The molecule has 0 aromatic heterocycles. The summed E-state index contributed by atoms with van der Waals surface area (Å²) in [6, 6.07) is 3.86. The van der Waals surface area contributed by atoms with Crippen LogP contribution in [0.25, 0.3) is 17.7 Å². The van der Waals surface area contributed by atoms with E-state index in [2.05, 4.69) is 0 Å². The van der Waals surface area contributed by atoms with Crippen LogP contribution >= 0.6 is 0 Å². The summed E-state index contributed by atoms with van der Waals surface area (Å²) in [5, 5.41) is 2.06. The van der Waals surface area contributed by atoms with E-state index in [-0.39, 0.29) is 17.7 Å². The molecule has 0 saturated carbocycles. The van der Waals surface area contributed by atoms with Crippen LogP contribution in [0.1, 0.15) is 29.3 Å². The van der Waals surface area contributed by atoms with Crippen molar-refractivity contribution < 1.29 is 14.3 Å². The van der Waals surface area contributed by atoms with Crippen LogP contribution in [0.4, 0.5) is 0 Å². The van der Waals surface area contributed by atoms with Gasteiger partial charge in [-0.05, 0) is 76.1 Å². The summed E-state index contributed by atoms with van der Waals surface area (Å²) >= 11 is 0. The predicted octanol–water partition coefficient (Wildman–Crippen LogP) is 1.97. The summed E-state index contributed by atoms with van der Waals surface area (Å²) in [4.78, 5) is 24.5. The fourth-order valence-electron chi connectivity index (χ4n) is 3.75. The summed E-state index contributed by atoms with van der Waals surface area (Å²) < 4.78 is 5.88. The average Bonchev–Trinajstić information content (AvgIpc) is 3.15. The topological polar surface area (TPSA) is 43.4 Å². The molecule has 1 atom stereocenters. The van der Waals surface area contributed by atoms with E-state index in [0.29, 0.717) is 16.9 Å². The standard InChI is InChI=1S/C21H14O3/c1-2-13-9-19-20(24-13)10-18-16(21(19)23)6-5-15-14-4-3-12(22)7-11(14)8-17(15)18/h3-10,13H,2H2,1H3. The van der Waals surface area contributed by atoms with Crippen molar-refractivity contribution in [2.75, 3.05) is 0 Å². The summed E-state index contributed by atoms with van der Waals surface area (Å²) in [5.41, 5.74) is 4.22. The minimum Gasteiger partial charge on any atom is -0.486 e. The SMILES string of the molecule is CCC1C=C2C(=O)c3ccc4c(c3C=C2O1)=CC1=CC(=O)C=CC=41. The molecule has 116 valence electrons. The van der Waals surface area contributed by atoms with Crippen LogP contribution in [0.15, 0.2) is 53.3 Å². The molecule has 3 heteroatoms. The van der Waals surface area contributed by atoms with Gasteiger partial charge in [0.15, 0.2) is 11.6 Å². The van der Waals surface area contributed by atoms with Gasteiger partial charge in [0.05, 0.1) is 5.57 Å². The van der Waals surface area contributed by atoms with Crippen LogP contribution in [0.2, 0.25) is 0 Å². The number of Topliss-reactive ketones (excluding diaryl/α,β-unsaturated/α-hetero) is 1. The van der Waals surface area contributed by atoms with Crippen molar-refractivity contribution in [3.05, 3.63) is 74.9 Å². The summed E-state index contributed by atoms with van der Waals surface area (Å²) in [6.07, 6.45) is 11.8. The predicted molar refractivity (Wildman–Crippen MR) is 91.3 cm³/mol. The van der Waals surface area contributed by atoms with Crippen molar-refractivity contribution in [3.8, 4) is 0 Å². The molecule has 1 aromatic rings. The van der Waals surface area contributed by atoms with Gasteiger partial charge in [-0.1, -0.05) is 13.0 Å². The Morgan fingerprint density at radius 2 is 1.96 bits per heavy atom. The summed E-state index contributed by atoms with van der Waals surface area (Å²) in [7, 11) is 0. The first kappa shape index (κ1) is 13.5. The number of ether oxygens (including phenoxy) is 1. The Balaban J connectivity index is 1.80. The van der Waals surface area contributed by atoms with Crippen LogP contribution in [0.3, 0.4) is 0 Å². The number of rotatable bonds is 1. The zero-order valence-electron chi connectivity index (χ0n) is 13.1. The molecule has 0 bridgehead atoms. The van der Waals surface area contributed by atoms with Crippen LogP contribution in [-0.4, -0.2) is 17.7 Å². The number of hydrogen-bond donors (Lipinski definition) is 0. The van der Waals surface area contributed by atoms with Gasteiger partial charge in [-0.3, -0.25) is 9.59 Å². The van der Waals surface area contributed by atoms with E-state index < -0.39 is 0 Å². The first-order valence-electron chi connectivity index (χ1n) is 8.14. The Labute approximate surface area is 138 Å². The number of hydrogen-bond acceptors (Lipinski definition) is 3. The molecule has 0 radical (unpaired) electrons. The first-order chi connectivity index (χ1) is 11.7. The van der Waals surface area contributed by atoms with E-state index in [1.165, 1.54) is 0 Å². The number of ketones is 2. The van der Waals surface area contributed by atoms with Crippen LogP contribution in [0.5, 0.6) is 0 Å². The lowest BCUT2D eigenvalue weighted by Gasteiger charge is -2.15. The third kappa shape index (κ3) is 1.67. The van der Waals surface area contributed by atoms with Gasteiger partial charge in [0.1, 0.15) is 11.9 Å². The van der Waals surface area contributed by atoms with Crippen molar-refractivity contribution in [1.29, 1.82) is 0 Å². The molecule has 0 spiro atoms. The van der Waals surface area contributed by atoms with Gasteiger partial charge in [-0.15, -0.1) is 0 Å². The largest absolute Gasteiger partial charge is 0.486 e. The third-order valence-corrected chi connectivity index (χ3v) is 4.96. The minimum absolute atomic E-state index is 0.00348. The quantitative estimate of drug-likeness (QED) is 0.796. The van der Waals surface area contributed by atoms with Crippen molar-refractivity contribution in [3.63, 3.8) is 0 Å². The van der Waals surface area contributed by atoms with Crippen molar-refractivity contribution in [2.24, 2.45) is 0 Å². The smallest absolute Gasteiger partial charge is 0.197 e. The Bertz CT molecular complexity index is 1090. The van der Waals surface area contributed by atoms with Gasteiger partial charge in [-0.2, -0.15) is 0 Å². The molecule has 4 aliphatic rings. The van der Waals surface area contributed by atoms with E-state index in [0.717, 1.165) is 33.6 Å². The molecule has 1 aliphatic heterocycles. The maximum absolute atomic E-state index is 12.8. The number of allylic oxidation sites excluding steroid dienone is 5. The molecule has 3 nitrogen and oxygen atoms in total. The number of carbonyl (C=O) groups excluding carboxylic acids is 2. The number of fused-ring (bicyclic) bond motifs is 5. The molecular weight excluding hydrogens is 300 g/mol. The molecule has 5 rings (SSSR count). The molecule has 1 aromatic carbocycles. The van der Waals surface area contributed by atoms with Gasteiger partial charge in [-0.25, -0.2) is 0 Å². The van der Waals surface area contributed by atoms with Crippen LogP contribution < -0.4 is 10.4 Å². The van der Waals surface area contributed by atoms with Crippen LogP contribution in [-0.2, 0) is 9.53 Å². The van der Waals surface area contributed by atoms with Gasteiger partial charge >= 0.3 is 0 Å². The molecule has 1 heterocycles. The molecule has 0 fully saturated rings. The molecule has 0 amide bonds. The fraction of sp³-hybridized carbons (Fsp3) is 0.143. The summed E-state index contributed by atoms with van der Waals surface area (Å²) in [5.74, 6) is 0.688. The van der Waals surface area contributed by atoms with Gasteiger partial charge in [0, 0.05) is 5.56 Å². The second-order valence-corrected chi connectivity index (χ2v) is 6.36. The molecule has 0 N–H and O–H groups in total. The van der Waals surface area contributed by atoms with E-state index >= 15 is 0 Å². The molecule has 24 heavy (non-hydrogen) atoms. The second kappa shape index (κ2) is 4.54. The number of benzene rings is 1. The molecule has 0 saturated heterocycles. The highest BCUT2D eigenvalue weighted by Gasteiger charge is 2.32. The van der Waals surface area contributed by atoms with Gasteiger partial charge in [0.2, 0.25) is 0 Å². The highest BCUT2D eigenvalue weighted by Crippen LogP contribution is 2.34. The Morgan fingerprint density at radius 3 is 2.79 bits per heavy atom. The van der Waals surface area contributed by atoms with Crippen molar-refractivity contribution >= 4 is 29.3 Å². The van der Waals surface area contributed by atoms with E-state index in [4.69, 9.17) is 4.74 Å². The van der Waals surface area contributed by atoms with Crippen LogP contribution in [0, 0.1) is 0 Å². The van der Waals surface area contributed by atoms with Gasteiger partial charge < -0.3 is 4.74 Å². The molecule has 3 aliphatic carbocycles. The average molecular weight is 314 g/mol. The summed E-state index contributed by atoms with van der Waals surface area (Å²) in [6.45, 7) is 2.04. The molecular formula is C21H14O3. The highest BCUT2D eigenvalue weighted by atomic mass is 16.5. The lowest BCUT2D eigenvalue weighted by atomic mass is 9.89. The third-order valence-electron chi connectivity index (χ3n) is 4.96. The van der Waals surface area contributed by atoms with E-state index in [9.17, 15) is 9.59 Å². The van der Waals surface area contributed by atoms with E-state index in [1.807, 2.05) is 43.4 Å². The second-order valence-electron chi connectivity index (χ2n) is 6.36. The lowest BCUT2D eigenvalue weighted by molar-refractivity contribution is -0.110. The Kier molecular flexibility index (Phi) is 2.55. The zero-order chi connectivity index (χ0) is 16.4.